The fraction of sp³-hybridized carbons (Fsp3) is 0.538. The molecule has 0 bridgehead atoms. The van der Waals surface area contributed by atoms with Crippen LogP contribution >= 0.6 is 0 Å². The molecule has 16 heavy (non-hydrogen) atoms. The fourth-order valence-corrected chi connectivity index (χ4v) is 2.00. The van der Waals surface area contributed by atoms with E-state index in [9.17, 15) is 4.39 Å². The van der Waals surface area contributed by atoms with Gasteiger partial charge in [0.1, 0.15) is 5.82 Å². The molecule has 0 unspecified atom stereocenters. The molecule has 0 spiro atoms. The smallest absolute Gasteiger partial charge is 0.147 e. The molecule has 0 aliphatic heterocycles. The van der Waals surface area contributed by atoms with Crippen LogP contribution in [0.5, 0.6) is 0 Å². The van der Waals surface area contributed by atoms with Gasteiger partial charge in [0.15, 0.2) is 0 Å². The summed E-state index contributed by atoms with van der Waals surface area (Å²) >= 11 is 0. The SMILES string of the molecule is CNCCCN(C)c1c(C)cc(C)cc1F. The minimum absolute atomic E-state index is 0.121. The highest BCUT2D eigenvalue weighted by molar-refractivity contribution is 5.55. The molecule has 0 aromatic heterocycles. The number of halogens is 1. The molecule has 0 aliphatic rings. The van der Waals surface area contributed by atoms with Crippen LogP contribution in [0.4, 0.5) is 10.1 Å². The summed E-state index contributed by atoms with van der Waals surface area (Å²) in [6, 6.07) is 3.61. The summed E-state index contributed by atoms with van der Waals surface area (Å²) in [5.74, 6) is -0.121. The van der Waals surface area contributed by atoms with Gasteiger partial charge in [0.05, 0.1) is 5.69 Å². The monoisotopic (exact) mass is 224 g/mol. The van der Waals surface area contributed by atoms with E-state index >= 15 is 0 Å². The van der Waals surface area contributed by atoms with E-state index in [1.165, 1.54) is 0 Å². The highest BCUT2D eigenvalue weighted by Gasteiger charge is 2.10. The van der Waals surface area contributed by atoms with Gasteiger partial charge in [-0.3, -0.25) is 0 Å². The van der Waals surface area contributed by atoms with Crippen molar-refractivity contribution in [1.82, 2.24) is 5.32 Å². The second-order valence-electron chi connectivity index (χ2n) is 4.29. The molecular formula is C13H21FN2. The van der Waals surface area contributed by atoms with Crippen molar-refractivity contribution in [1.29, 1.82) is 0 Å². The number of nitrogens with one attached hydrogen (secondary N) is 1. The van der Waals surface area contributed by atoms with Crippen molar-refractivity contribution >= 4 is 5.69 Å². The normalized spacial score (nSPS) is 10.6. The Labute approximate surface area is 97.5 Å². The lowest BCUT2D eigenvalue weighted by atomic mass is 10.1. The van der Waals surface area contributed by atoms with Gasteiger partial charge in [-0.2, -0.15) is 0 Å². The van der Waals surface area contributed by atoms with Gasteiger partial charge in [0.2, 0.25) is 0 Å². The number of rotatable bonds is 5. The molecule has 2 nitrogen and oxygen atoms in total. The van der Waals surface area contributed by atoms with Gasteiger partial charge in [0, 0.05) is 13.6 Å². The summed E-state index contributed by atoms with van der Waals surface area (Å²) in [5.41, 5.74) is 2.70. The third kappa shape index (κ3) is 3.20. The lowest BCUT2D eigenvalue weighted by molar-refractivity contribution is 0.615. The molecule has 1 aromatic carbocycles. The molecule has 0 saturated carbocycles. The van der Waals surface area contributed by atoms with Crippen LogP contribution in [-0.2, 0) is 0 Å². The van der Waals surface area contributed by atoms with Gasteiger partial charge in [-0.15, -0.1) is 0 Å². The van der Waals surface area contributed by atoms with Gasteiger partial charge in [-0.05, 0) is 51.1 Å². The molecule has 0 aliphatic carbocycles. The summed E-state index contributed by atoms with van der Waals surface area (Å²) in [6.07, 6.45) is 1.01. The van der Waals surface area contributed by atoms with Crippen LogP contribution in [0.3, 0.4) is 0 Å². The summed E-state index contributed by atoms with van der Waals surface area (Å²) in [4.78, 5) is 1.99. The highest BCUT2D eigenvalue weighted by Crippen LogP contribution is 2.24. The zero-order valence-corrected chi connectivity index (χ0v) is 10.6. The van der Waals surface area contributed by atoms with Crippen LogP contribution in [-0.4, -0.2) is 27.2 Å². The number of benzene rings is 1. The molecule has 0 saturated heterocycles. The number of hydrogen-bond acceptors (Lipinski definition) is 2. The Hall–Kier alpha value is -1.09. The minimum Gasteiger partial charge on any atom is -0.372 e. The molecule has 0 atom stereocenters. The molecule has 0 radical (unpaired) electrons. The van der Waals surface area contributed by atoms with E-state index < -0.39 is 0 Å². The number of anilines is 1. The van der Waals surface area contributed by atoms with Gasteiger partial charge >= 0.3 is 0 Å². The zero-order chi connectivity index (χ0) is 12.1. The molecule has 90 valence electrons. The standard InChI is InChI=1S/C13H21FN2/c1-10-8-11(2)13(12(14)9-10)16(4)7-5-6-15-3/h8-9,15H,5-7H2,1-4H3. The van der Waals surface area contributed by atoms with Crippen molar-refractivity contribution in [3.05, 3.63) is 29.1 Å². The van der Waals surface area contributed by atoms with E-state index in [1.807, 2.05) is 38.9 Å². The molecular weight excluding hydrogens is 203 g/mol. The maximum absolute atomic E-state index is 13.8. The second kappa shape index (κ2) is 5.85. The Morgan fingerprint density at radius 2 is 2.00 bits per heavy atom. The van der Waals surface area contributed by atoms with Crippen molar-refractivity contribution in [3.8, 4) is 0 Å². The first-order chi connectivity index (χ1) is 7.56. The van der Waals surface area contributed by atoms with Crippen molar-refractivity contribution in [2.45, 2.75) is 20.3 Å². The van der Waals surface area contributed by atoms with E-state index in [-0.39, 0.29) is 5.82 Å². The van der Waals surface area contributed by atoms with E-state index in [4.69, 9.17) is 0 Å². The van der Waals surface area contributed by atoms with Gasteiger partial charge in [-0.25, -0.2) is 4.39 Å². The second-order valence-corrected chi connectivity index (χ2v) is 4.29. The first-order valence-electron chi connectivity index (χ1n) is 5.68. The number of nitrogens with zero attached hydrogens (tertiary/aromatic N) is 1. The Bertz CT molecular complexity index is 327. The zero-order valence-electron chi connectivity index (χ0n) is 10.6. The first kappa shape index (κ1) is 13.0. The predicted octanol–water partition coefficient (Wildman–Crippen LogP) is 2.49. The molecule has 0 amide bonds. The van der Waals surface area contributed by atoms with E-state index in [1.54, 1.807) is 6.07 Å². The van der Waals surface area contributed by atoms with E-state index in [2.05, 4.69) is 5.32 Å². The average molecular weight is 224 g/mol. The Morgan fingerprint density at radius 3 is 2.56 bits per heavy atom. The first-order valence-corrected chi connectivity index (χ1v) is 5.68. The van der Waals surface area contributed by atoms with Crippen molar-refractivity contribution < 1.29 is 4.39 Å². The van der Waals surface area contributed by atoms with Crippen LogP contribution < -0.4 is 10.2 Å². The highest BCUT2D eigenvalue weighted by atomic mass is 19.1. The Kier molecular flexibility index (Phi) is 4.74. The van der Waals surface area contributed by atoms with Gasteiger partial charge in [-0.1, -0.05) is 6.07 Å². The van der Waals surface area contributed by atoms with Gasteiger partial charge < -0.3 is 10.2 Å². The van der Waals surface area contributed by atoms with Crippen molar-refractivity contribution in [2.75, 3.05) is 32.1 Å². The van der Waals surface area contributed by atoms with Crippen LogP contribution in [0.15, 0.2) is 12.1 Å². The van der Waals surface area contributed by atoms with Crippen molar-refractivity contribution in [2.24, 2.45) is 0 Å². The van der Waals surface area contributed by atoms with E-state index in [0.29, 0.717) is 0 Å². The predicted molar refractivity (Wildman–Crippen MR) is 67.7 cm³/mol. The van der Waals surface area contributed by atoms with Crippen LogP contribution in [0.1, 0.15) is 17.5 Å². The summed E-state index contributed by atoms with van der Waals surface area (Å²) < 4.78 is 13.8. The third-order valence-electron chi connectivity index (χ3n) is 2.70. The van der Waals surface area contributed by atoms with E-state index in [0.717, 1.165) is 36.3 Å². The summed E-state index contributed by atoms with van der Waals surface area (Å²) in [5, 5.41) is 3.09. The maximum atomic E-state index is 13.8. The molecule has 0 heterocycles. The van der Waals surface area contributed by atoms with Crippen LogP contribution in [0, 0.1) is 19.7 Å². The Morgan fingerprint density at radius 1 is 1.31 bits per heavy atom. The molecule has 1 rings (SSSR count). The lowest BCUT2D eigenvalue weighted by Crippen LogP contribution is -2.23. The molecule has 1 N–H and O–H groups in total. The topological polar surface area (TPSA) is 15.3 Å². The Balaban J connectivity index is 2.78. The fourth-order valence-electron chi connectivity index (χ4n) is 2.00. The molecule has 1 aromatic rings. The minimum atomic E-state index is -0.121. The quantitative estimate of drug-likeness (QED) is 0.773. The molecule has 3 heteroatoms. The number of hydrogen-bond donors (Lipinski definition) is 1. The van der Waals surface area contributed by atoms with Crippen LogP contribution in [0.25, 0.3) is 0 Å². The average Bonchev–Trinajstić information content (AvgIpc) is 2.16. The van der Waals surface area contributed by atoms with Gasteiger partial charge in [0.25, 0.3) is 0 Å². The maximum Gasteiger partial charge on any atom is 0.147 e. The molecule has 0 fully saturated rings. The largest absolute Gasteiger partial charge is 0.372 e. The summed E-state index contributed by atoms with van der Waals surface area (Å²) in [7, 11) is 3.87. The lowest BCUT2D eigenvalue weighted by Gasteiger charge is -2.22. The van der Waals surface area contributed by atoms with Crippen LogP contribution in [0.2, 0.25) is 0 Å². The summed E-state index contributed by atoms with van der Waals surface area (Å²) in [6.45, 7) is 5.69. The third-order valence-corrected chi connectivity index (χ3v) is 2.70. The number of aryl methyl sites for hydroxylation is 2. The van der Waals surface area contributed by atoms with Crippen molar-refractivity contribution in [3.63, 3.8) is 0 Å².